The standard InChI is InChI=1S/C24H21N3O2S/c1-2-29-23(28)17-12-14-20(15-13-17)27-16-18-8-6-7-11-21(18)22(27)26-24(30)25-19-9-4-3-5-10-19/h3-15H,2,16H2,1H3,(H,25,30)/b26-22+. The van der Waals surface area contributed by atoms with Crippen molar-refractivity contribution < 1.29 is 9.53 Å². The third-order valence-corrected chi connectivity index (χ3v) is 4.96. The van der Waals surface area contributed by atoms with Gasteiger partial charge < -0.3 is 15.0 Å². The summed E-state index contributed by atoms with van der Waals surface area (Å²) in [7, 11) is 0. The van der Waals surface area contributed by atoms with Crippen LogP contribution < -0.4 is 10.2 Å². The van der Waals surface area contributed by atoms with Gasteiger partial charge in [0.2, 0.25) is 0 Å². The number of para-hydroxylation sites is 1. The summed E-state index contributed by atoms with van der Waals surface area (Å²) in [6.45, 7) is 2.83. The zero-order valence-electron chi connectivity index (χ0n) is 16.5. The number of esters is 1. The van der Waals surface area contributed by atoms with E-state index < -0.39 is 0 Å². The van der Waals surface area contributed by atoms with Crippen molar-refractivity contribution in [3.63, 3.8) is 0 Å². The molecule has 4 rings (SSSR count). The zero-order chi connectivity index (χ0) is 20.9. The smallest absolute Gasteiger partial charge is 0.338 e. The topological polar surface area (TPSA) is 53.9 Å². The van der Waals surface area contributed by atoms with Crippen molar-refractivity contribution in [2.45, 2.75) is 13.5 Å². The van der Waals surface area contributed by atoms with Gasteiger partial charge in [-0.1, -0.05) is 42.5 Å². The average Bonchev–Trinajstić information content (AvgIpc) is 3.13. The van der Waals surface area contributed by atoms with Gasteiger partial charge in [-0.3, -0.25) is 0 Å². The van der Waals surface area contributed by atoms with Crippen LogP contribution in [-0.2, 0) is 11.3 Å². The van der Waals surface area contributed by atoms with Gasteiger partial charge in [-0.05, 0) is 61.1 Å². The minimum absolute atomic E-state index is 0.323. The van der Waals surface area contributed by atoms with Gasteiger partial charge in [0.25, 0.3) is 0 Å². The largest absolute Gasteiger partial charge is 0.462 e. The molecule has 0 bridgehead atoms. The predicted octanol–water partition coefficient (Wildman–Crippen LogP) is 5.03. The number of carbonyl (C=O) groups excluding carboxylic acids is 1. The molecule has 0 aromatic heterocycles. The fourth-order valence-electron chi connectivity index (χ4n) is 3.36. The summed E-state index contributed by atoms with van der Waals surface area (Å²) in [6, 6.07) is 25.2. The number of nitrogens with one attached hydrogen (secondary N) is 1. The Morgan fingerprint density at radius 1 is 1.03 bits per heavy atom. The highest BCUT2D eigenvalue weighted by Crippen LogP contribution is 2.29. The van der Waals surface area contributed by atoms with E-state index in [0.29, 0.717) is 23.8 Å². The average molecular weight is 416 g/mol. The lowest BCUT2D eigenvalue weighted by molar-refractivity contribution is 0.0526. The normalized spacial score (nSPS) is 13.8. The second kappa shape index (κ2) is 8.88. The molecule has 0 aliphatic carbocycles. The molecule has 3 aromatic rings. The summed E-state index contributed by atoms with van der Waals surface area (Å²) in [4.78, 5) is 18.8. The number of rotatable bonds is 4. The summed E-state index contributed by atoms with van der Waals surface area (Å²) in [5.74, 6) is 0.457. The SMILES string of the molecule is CCOC(=O)c1ccc(N2Cc3ccccc3/C2=N\C(=S)Nc2ccccc2)cc1. The molecule has 1 N–H and O–H groups in total. The van der Waals surface area contributed by atoms with Crippen molar-refractivity contribution >= 4 is 40.5 Å². The van der Waals surface area contributed by atoms with Crippen molar-refractivity contribution in [1.29, 1.82) is 0 Å². The highest BCUT2D eigenvalue weighted by Gasteiger charge is 2.27. The van der Waals surface area contributed by atoms with Gasteiger partial charge in [-0.15, -0.1) is 0 Å². The third-order valence-electron chi connectivity index (χ3n) is 4.77. The van der Waals surface area contributed by atoms with Crippen LogP contribution in [0, 0.1) is 0 Å². The minimum Gasteiger partial charge on any atom is -0.462 e. The van der Waals surface area contributed by atoms with Crippen LogP contribution in [0.2, 0.25) is 0 Å². The molecule has 6 heteroatoms. The van der Waals surface area contributed by atoms with Crippen LogP contribution in [0.5, 0.6) is 0 Å². The van der Waals surface area contributed by atoms with Crippen LogP contribution >= 0.6 is 12.2 Å². The lowest BCUT2D eigenvalue weighted by atomic mass is 10.1. The predicted molar refractivity (Wildman–Crippen MR) is 124 cm³/mol. The number of fused-ring (bicyclic) bond motifs is 1. The van der Waals surface area contributed by atoms with Crippen LogP contribution in [0.3, 0.4) is 0 Å². The van der Waals surface area contributed by atoms with Crippen molar-refractivity contribution in [3.05, 3.63) is 95.6 Å². The van der Waals surface area contributed by atoms with Crippen molar-refractivity contribution in [1.82, 2.24) is 0 Å². The van der Waals surface area contributed by atoms with Crippen LogP contribution in [-0.4, -0.2) is 23.5 Å². The molecule has 1 aliphatic rings. The number of ether oxygens (including phenoxy) is 1. The Balaban J connectivity index is 1.63. The number of aliphatic imine (C=N–C) groups is 1. The highest BCUT2D eigenvalue weighted by molar-refractivity contribution is 7.80. The summed E-state index contributed by atoms with van der Waals surface area (Å²) >= 11 is 5.50. The first-order chi connectivity index (χ1) is 14.7. The quantitative estimate of drug-likeness (QED) is 0.479. The number of benzene rings is 3. The zero-order valence-corrected chi connectivity index (χ0v) is 17.4. The van der Waals surface area contributed by atoms with Crippen molar-refractivity contribution in [3.8, 4) is 0 Å². The number of anilines is 2. The number of thiocarbonyl (C=S) groups is 1. The van der Waals surface area contributed by atoms with Gasteiger partial charge >= 0.3 is 5.97 Å². The maximum atomic E-state index is 12.0. The Bertz CT molecular complexity index is 1090. The summed E-state index contributed by atoms with van der Waals surface area (Å²) in [5, 5.41) is 3.56. The molecule has 0 fully saturated rings. The van der Waals surface area contributed by atoms with E-state index in [1.54, 1.807) is 19.1 Å². The maximum Gasteiger partial charge on any atom is 0.338 e. The molecule has 5 nitrogen and oxygen atoms in total. The Kier molecular flexibility index (Phi) is 5.86. The Labute approximate surface area is 181 Å². The third kappa shape index (κ3) is 4.23. The maximum absolute atomic E-state index is 12.0. The van der Waals surface area contributed by atoms with Crippen LogP contribution in [0.4, 0.5) is 11.4 Å². The molecular formula is C24H21N3O2S. The second-order valence-corrected chi connectivity index (χ2v) is 7.13. The molecule has 0 atom stereocenters. The number of amidine groups is 1. The fraction of sp³-hybridized carbons (Fsp3) is 0.125. The molecule has 0 spiro atoms. The number of carbonyl (C=O) groups is 1. The summed E-state index contributed by atoms with van der Waals surface area (Å²) in [5.41, 5.74) is 4.57. The molecule has 150 valence electrons. The van der Waals surface area contributed by atoms with E-state index >= 15 is 0 Å². The Morgan fingerprint density at radius 3 is 2.47 bits per heavy atom. The molecule has 0 saturated heterocycles. The van der Waals surface area contributed by atoms with Gasteiger partial charge in [0, 0.05) is 16.9 Å². The molecule has 0 radical (unpaired) electrons. The molecule has 30 heavy (non-hydrogen) atoms. The van der Waals surface area contributed by atoms with Crippen molar-refractivity contribution in [2.75, 3.05) is 16.8 Å². The van der Waals surface area contributed by atoms with E-state index in [1.165, 1.54) is 5.56 Å². The first kappa shape index (κ1) is 19.8. The van der Waals surface area contributed by atoms with E-state index in [1.807, 2.05) is 60.7 Å². The number of hydrogen-bond donors (Lipinski definition) is 1. The lowest BCUT2D eigenvalue weighted by Crippen LogP contribution is -2.26. The minimum atomic E-state index is -0.323. The molecule has 3 aromatic carbocycles. The molecule has 1 heterocycles. The number of hydrogen-bond acceptors (Lipinski definition) is 3. The molecular weight excluding hydrogens is 394 g/mol. The van der Waals surface area contributed by atoms with Gasteiger partial charge in [-0.2, -0.15) is 0 Å². The second-order valence-electron chi connectivity index (χ2n) is 6.74. The van der Waals surface area contributed by atoms with E-state index in [2.05, 4.69) is 16.3 Å². The number of nitrogens with zero attached hydrogens (tertiary/aromatic N) is 2. The molecule has 0 saturated carbocycles. The summed E-state index contributed by atoms with van der Waals surface area (Å²) < 4.78 is 5.07. The van der Waals surface area contributed by atoms with Gasteiger partial charge in [0.15, 0.2) is 5.11 Å². The van der Waals surface area contributed by atoms with Gasteiger partial charge in [-0.25, -0.2) is 9.79 Å². The first-order valence-electron chi connectivity index (χ1n) is 9.73. The first-order valence-corrected chi connectivity index (χ1v) is 10.1. The van der Waals surface area contributed by atoms with E-state index in [9.17, 15) is 4.79 Å². The Hall–Kier alpha value is -3.51. The Morgan fingerprint density at radius 2 is 1.73 bits per heavy atom. The van der Waals surface area contributed by atoms with E-state index in [0.717, 1.165) is 22.8 Å². The van der Waals surface area contributed by atoms with E-state index in [4.69, 9.17) is 21.9 Å². The van der Waals surface area contributed by atoms with Crippen LogP contribution in [0.1, 0.15) is 28.4 Å². The monoisotopic (exact) mass is 415 g/mol. The van der Waals surface area contributed by atoms with Crippen LogP contribution in [0.25, 0.3) is 0 Å². The van der Waals surface area contributed by atoms with Crippen molar-refractivity contribution in [2.24, 2.45) is 4.99 Å². The van der Waals surface area contributed by atoms with Gasteiger partial charge in [0.1, 0.15) is 5.84 Å². The molecule has 0 unspecified atom stereocenters. The molecule has 1 aliphatic heterocycles. The fourth-order valence-corrected chi connectivity index (χ4v) is 3.57. The van der Waals surface area contributed by atoms with Gasteiger partial charge in [0.05, 0.1) is 18.7 Å². The lowest BCUT2D eigenvalue weighted by Gasteiger charge is -2.20. The summed E-state index contributed by atoms with van der Waals surface area (Å²) in [6.07, 6.45) is 0. The highest BCUT2D eigenvalue weighted by atomic mass is 32.1. The van der Waals surface area contributed by atoms with E-state index in [-0.39, 0.29) is 5.97 Å². The molecule has 0 amide bonds. The van der Waals surface area contributed by atoms with Crippen LogP contribution in [0.15, 0.2) is 83.9 Å².